The zero-order valence-corrected chi connectivity index (χ0v) is 16.0. The van der Waals surface area contributed by atoms with Crippen LogP contribution in [0.5, 0.6) is 5.75 Å². The summed E-state index contributed by atoms with van der Waals surface area (Å²) in [5.74, 6) is 0.199. The Balaban J connectivity index is 1.87. The van der Waals surface area contributed by atoms with E-state index in [1.54, 1.807) is 35.2 Å². The number of ether oxygens (including phenoxy) is 1. The molecule has 28 heavy (non-hydrogen) atoms. The Labute approximate surface area is 164 Å². The monoisotopic (exact) mass is 383 g/mol. The molecule has 0 aromatic heterocycles. The summed E-state index contributed by atoms with van der Waals surface area (Å²) in [6.07, 6.45) is 0. The summed E-state index contributed by atoms with van der Waals surface area (Å²) in [7, 11) is 0. The third-order valence-electron chi connectivity index (χ3n) is 4.60. The number of rotatable bonds is 4. The van der Waals surface area contributed by atoms with Gasteiger partial charge in [0.1, 0.15) is 0 Å². The van der Waals surface area contributed by atoms with Gasteiger partial charge in [0.05, 0.1) is 30.5 Å². The molecule has 3 rings (SSSR count). The van der Waals surface area contributed by atoms with Crippen LogP contribution in [0.2, 0.25) is 0 Å². The third kappa shape index (κ3) is 4.43. The summed E-state index contributed by atoms with van der Waals surface area (Å²) < 4.78 is 5.90. The lowest BCUT2D eigenvalue weighted by molar-refractivity contribution is 0.0525. The Morgan fingerprint density at radius 2 is 1.96 bits per heavy atom. The predicted molar refractivity (Wildman–Crippen MR) is 108 cm³/mol. The van der Waals surface area contributed by atoms with Gasteiger partial charge in [-0.3, -0.25) is 4.79 Å². The summed E-state index contributed by atoms with van der Waals surface area (Å²) in [6.45, 7) is 4.56. The number of nitrogens with zero attached hydrogens (tertiary/aromatic N) is 1. The molecule has 0 spiro atoms. The smallest absolute Gasteiger partial charge is 0.323 e. The summed E-state index contributed by atoms with van der Waals surface area (Å²) in [6, 6.07) is 13.4. The van der Waals surface area contributed by atoms with Crippen LogP contribution < -0.4 is 15.4 Å². The minimum Gasteiger partial charge on any atom is -0.490 e. The first-order valence-electron chi connectivity index (χ1n) is 9.30. The fourth-order valence-electron chi connectivity index (χ4n) is 3.10. The van der Waals surface area contributed by atoms with Crippen LogP contribution in [0.3, 0.4) is 0 Å². The van der Waals surface area contributed by atoms with Crippen molar-refractivity contribution < 1.29 is 19.4 Å². The predicted octanol–water partition coefficient (Wildman–Crippen LogP) is 3.18. The van der Waals surface area contributed by atoms with E-state index in [1.807, 2.05) is 32.0 Å². The third-order valence-corrected chi connectivity index (χ3v) is 4.60. The van der Waals surface area contributed by atoms with Crippen molar-refractivity contribution in [2.24, 2.45) is 5.92 Å². The molecule has 0 saturated carbocycles. The van der Waals surface area contributed by atoms with Crippen LogP contribution in [-0.4, -0.2) is 47.7 Å². The molecule has 3 N–H and O–H groups in total. The van der Waals surface area contributed by atoms with Crippen molar-refractivity contribution in [2.45, 2.75) is 19.9 Å². The van der Waals surface area contributed by atoms with Crippen molar-refractivity contribution in [3.05, 3.63) is 54.1 Å². The average molecular weight is 383 g/mol. The standard InChI is InChI=1S/C21H25N3O4/c1-14-11-24(15(2)12-25)20(26)17-9-6-10-18(19(17)28-13-14)23-21(27)22-16-7-4-3-5-8-16/h3-10,14-15,25H,11-13H2,1-2H3,(H2,22,23,27). The van der Waals surface area contributed by atoms with Crippen LogP contribution in [0.25, 0.3) is 0 Å². The number of urea groups is 1. The van der Waals surface area contributed by atoms with Gasteiger partial charge in [0, 0.05) is 18.2 Å². The number of benzene rings is 2. The van der Waals surface area contributed by atoms with Crippen molar-refractivity contribution in [1.29, 1.82) is 0 Å². The maximum Gasteiger partial charge on any atom is 0.323 e. The molecule has 0 saturated heterocycles. The number of anilines is 2. The molecular weight excluding hydrogens is 358 g/mol. The number of aliphatic hydroxyl groups is 1. The molecular formula is C21H25N3O4. The summed E-state index contributed by atoms with van der Waals surface area (Å²) in [5, 5.41) is 15.0. The highest BCUT2D eigenvalue weighted by molar-refractivity contribution is 6.04. The van der Waals surface area contributed by atoms with Crippen LogP contribution in [0.1, 0.15) is 24.2 Å². The van der Waals surface area contributed by atoms with Gasteiger partial charge in [-0.2, -0.15) is 0 Å². The first kappa shape index (κ1) is 19.7. The molecule has 2 atom stereocenters. The number of carbonyl (C=O) groups excluding carboxylic acids is 2. The van der Waals surface area contributed by atoms with Crippen molar-refractivity contribution in [2.75, 3.05) is 30.4 Å². The van der Waals surface area contributed by atoms with E-state index >= 15 is 0 Å². The van der Waals surface area contributed by atoms with Crippen LogP contribution >= 0.6 is 0 Å². The Morgan fingerprint density at radius 3 is 2.68 bits per heavy atom. The molecule has 7 nitrogen and oxygen atoms in total. The fourth-order valence-corrected chi connectivity index (χ4v) is 3.10. The molecule has 1 aliphatic heterocycles. The lowest BCUT2D eigenvalue weighted by Gasteiger charge is -2.33. The van der Waals surface area contributed by atoms with Crippen molar-refractivity contribution in [3.63, 3.8) is 0 Å². The number of nitrogens with one attached hydrogen (secondary N) is 2. The highest BCUT2D eigenvalue weighted by Gasteiger charge is 2.29. The van der Waals surface area contributed by atoms with Crippen LogP contribution in [-0.2, 0) is 0 Å². The SMILES string of the molecule is CC1COc2c(NC(=O)Nc3ccccc3)cccc2C(=O)N(C(C)CO)C1. The first-order chi connectivity index (χ1) is 13.5. The second-order valence-corrected chi connectivity index (χ2v) is 7.03. The Bertz CT molecular complexity index is 841. The molecule has 0 bridgehead atoms. The van der Waals surface area contributed by atoms with Gasteiger partial charge in [-0.25, -0.2) is 4.79 Å². The number of amides is 3. The lowest BCUT2D eigenvalue weighted by Crippen LogP contribution is -2.45. The number of fused-ring (bicyclic) bond motifs is 1. The molecule has 0 radical (unpaired) electrons. The topological polar surface area (TPSA) is 90.9 Å². The minimum absolute atomic E-state index is 0.0808. The molecule has 3 amide bonds. The molecule has 148 valence electrons. The van der Waals surface area contributed by atoms with Gasteiger partial charge < -0.3 is 25.4 Å². The summed E-state index contributed by atoms with van der Waals surface area (Å²) in [4.78, 5) is 27.1. The van der Waals surface area contributed by atoms with E-state index in [4.69, 9.17) is 4.74 Å². The van der Waals surface area contributed by atoms with E-state index in [0.717, 1.165) is 0 Å². The molecule has 7 heteroatoms. The molecule has 1 aliphatic rings. The van der Waals surface area contributed by atoms with Gasteiger partial charge in [0.15, 0.2) is 5.75 Å². The van der Waals surface area contributed by atoms with Gasteiger partial charge in [-0.05, 0) is 31.2 Å². The van der Waals surface area contributed by atoms with Gasteiger partial charge in [-0.15, -0.1) is 0 Å². The second kappa shape index (κ2) is 8.75. The maximum absolute atomic E-state index is 13.1. The molecule has 2 aromatic carbocycles. The normalized spacial score (nSPS) is 17.6. The first-order valence-corrected chi connectivity index (χ1v) is 9.30. The summed E-state index contributed by atoms with van der Waals surface area (Å²) in [5.41, 5.74) is 1.45. The number of aliphatic hydroxyl groups excluding tert-OH is 1. The van der Waals surface area contributed by atoms with Crippen molar-refractivity contribution in [1.82, 2.24) is 4.90 Å². The van der Waals surface area contributed by atoms with Crippen LogP contribution in [0, 0.1) is 5.92 Å². The number of para-hydroxylation sites is 2. The van der Waals surface area contributed by atoms with Gasteiger partial charge >= 0.3 is 6.03 Å². The number of hydrogen-bond acceptors (Lipinski definition) is 4. The molecule has 2 unspecified atom stereocenters. The zero-order valence-electron chi connectivity index (χ0n) is 16.0. The van der Waals surface area contributed by atoms with E-state index in [9.17, 15) is 14.7 Å². The molecule has 0 fully saturated rings. The highest BCUT2D eigenvalue weighted by atomic mass is 16.5. The highest BCUT2D eigenvalue weighted by Crippen LogP contribution is 2.33. The largest absolute Gasteiger partial charge is 0.490 e. The Hall–Kier alpha value is -3.06. The molecule has 0 aliphatic carbocycles. The van der Waals surface area contributed by atoms with Crippen LogP contribution in [0.15, 0.2) is 48.5 Å². The lowest BCUT2D eigenvalue weighted by atomic mass is 10.1. The van der Waals surface area contributed by atoms with Crippen molar-refractivity contribution in [3.8, 4) is 5.75 Å². The number of carbonyl (C=O) groups is 2. The zero-order chi connectivity index (χ0) is 20.1. The van der Waals surface area contributed by atoms with E-state index < -0.39 is 6.03 Å². The van der Waals surface area contributed by atoms with E-state index in [-0.39, 0.29) is 24.5 Å². The van der Waals surface area contributed by atoms with Gasteiger partial charge in [-0.1, -0.05) is 31.2 Å². The van der Waals surface area contributed by atoms with Gasteiger partial charge in [0.25, 0.3) is 5.91 Å². The van der Waals surface area contributed by atoms with E-state index in [1.165, 1.54) is 0 Å². The fraction of sp³-hybridized carbons (Fsp3) is 0.333. The van der Waals surface area contributed by atoms with Crippen LogP contribution in [0.4, 0.5) is 16.2 Å². The molecule has 2 aromatic rings. The van der Waals surface area contributed by atoms with E-state index in [2.05, 4.69) is 10.6 Å². The minimum atomic E-state index is -0.425. The molecule has 1 heterocycles. The van der Waals surface area contributed by atoms with E-state index in [0.29, 0.717) is 35.8 Å². The quantitative estimate of drug-likeness (QED) is 0.756. The van der Waals surface area contributed by atoms with Gasteiger partial charge in [0.2, 0.25) is 0 Å². The Morgan fingerprint density at radius 1 is 1.21 bits per heavy atom. The van der Waals surface area contributed by atoms with Crippen molar-refractivity contribution >= 4 is 23.3 Å². The number of hydrogen-bond donors (Lipinski definition) is 3. The second-order valence-electron chi connectivity index (χ2n) is 7.03. The average Bonchev–Trinajstić information content (AvgIpc) is 2.69. The maximum atomic E-state index is 13.1. The summed E-state index contributed by atoms with van der Waals surface area (Å²) >= 11 is 0. The Kier molecular flexibility index (Phi) is 6.16.